The Morgan fingerprint density at radius 2 is 2.00 bits per heavy atom. The first kappa shape index (κ1) is 11.8. The predicted molar refractivity (Wildman–Crippen MR) is 62.1 cm³/mol. The summed E-state index contributed by atoms with van der Waals surface area (Å²) in [6, 6.07) is 0.231. The van der Waals surface area contributed by atoms with E-state index >= 15 is 0 Å². The van der Waals surface area contributed by atoms with Crippen LogP contribution in [0, 0.1) is 10.1 Å². The lowest BCUT2D eigenvalue weighted by atomic mass is 9.86. The summed E-state index contributed by atoms with van der Waals surface area (Å²) in [5.41, 5.74) is 0. The Kier molecular flexibility index (Phi) is 3.76. The third-order valence-corrected chi connectivity index (χ3v) is 4.08. The Bertz CT molecular complexity index is 254. The fourth-order valence-electron chi connectivity index (χ4n) is 3.13. The van der Waals surface area contributed by atoms with Gasteiger partial charge in [0.2, 0.25) is 6.04 Å². The minimum atomic E-state index is -0.385. The third-order valence-electron chi connectivity index (χ3n) is 4.08. The van der Waals surface area contributed by atoms with Crippen LogP contribution in [-0.2, 0) is 0 Å². The van der Waals surface area contributed by atoms with Gasteiger partial charge in [0.05, 0.1) is 6.04 Å². The highest BCUT2D eigenvalue weighted by atomic mass is 16.6. The average molecular weight is 227 g/mol. The Morgan fingerprint density at radius 1 is 1.31 bits per heavy atom. The molecule has 1 heterocycles. The zero-order chi connectivity index (χ0) is 11.5. The van der Waals surface area contributed by atoms with E-state index in [1.807, 2.05) is 7.05 Å². The SMILES string of the molecule is CNC1CC(N2CCCC2)CCC1[N+](=O)[O-]. The molecule has 1 N–H and O–H groups in total. The van der Waals surface area contributed by atoms with Crippen LogP contribution in [0.15, 0.2) is 0 Å². The van der Waals surface area contributed by atoms with E-state index in [1.165, 1.54) is 25.9 Å². The van der Waals surface area contributed by atoms with E-state index in [-0.39, 0.29) is 17.0 Å². The first-order chi connectivity index (χ1) is 7.72. The van der Waals surface area contributed by atoms with Gasteiger partial charge in [-0.2, -0.15) is 0 Å². The van der Waals surface area contributed by atoms with Gasteiger partial charge in [-0.1, -0.05) is 0 Å². The van der Waals surface area contributed by atoms with Crippen molar-refractivity contribution in [3.8, 4) is 0 Å². The number of nitrogens with zero attached hydrogens (tertiary/aromatic N) is 2. The van der Waals surface area contributed by atoms with Crippen LogP contribution in [0.4, 0.5) is 0 Å². The number of rotatable bonds is 3. The number of hydrogen-bond acceptors (Lipinski definition) is 4. The molecule has 3 atom stereocenters. The summed E-state index contributed by atoms with van der Waals surface area (Å²) in [5, 5.41) is 14.0. The Labute approximate surface area is 96.3 Å². The van der Waals surface area contributed by atoms with Crippen LogP contribution >= 0.6 is 0 Å². The summed E-state index contributed by atoms with van der Waals surface area (Å²) < 4.78 is 0. The van der Waals surface area contributed by atoms with Gasteiger partial charge in [-0.25, -0.2) is 0 Å². The molecule has 0 aromatic heterocycles. The van der Waals surface area contributed by atoms with Gasteiger partial charge < -0.3 is 10.2 Å². The molecule has 2 rings (SSSR count). The lowest BCUT2D eigenvalue weighted by Gasteiger charge is -2.36. The molecular weight excluding hydrogens is 206 g/mol. The fraction of sp³-hybridized carbons (Fsp3) is 1.00. The minimum Gasteiger partial charge on any atom is -0.311 e. The van der Waals surface area contributed by atoms with Crippen LogP contribution in [0.1, 0.15) is 32.1 Å². The standard InChI is InChI=1S/C11H21N3O2/c1-12-10-8-9(13-6-2-3-7-13)4-5-11(10)14(15)16/h9-12H,2-8H2,1H3. The van der Waals surface area contributed by atoms with Gasteiger partial charge in [0, 0.05) is 17.4 Å². The van der Waals surface area contributed by atoms with E-state index < -0.39 is 0 Å². The molecule has 1 aliphatic carbocycles. The van der Waals surface area contributed by atoms with Crippen LogP contribution in [0.3, 0.4) is 0 Å². The van der Waals surface area contributed by atoms with E-state index in [0.717, 1.165) is 19.3 Å². The first-order valence-electron chi connectivity index (χ1n) is 6.27. The third kappa shape index (κ3) is 2.35. The van der Waals surface area contributed by atoms with Crippen molar-refractivity contribution in [1.82, 2.24) is 10.2 Å². The summed E-state index contributed by atoms with van der Waals surface area (Å²) in [6.45, 7) is 2.37. The van der Waals surface area contributed by atoms with Crippen LogP contribution in [-0.4, -0.2) is 48.1 Å². The molecule has 3 unspecified atom stereocenters. The summed E-state index contributed by atoms with van der Waals surface area (Å²) >= 11 is 0. The molecule has 92 valence electrons. The van der Waals surface area contributed by atoms with Crippen molar-refractivity contribution in [1.29, 1.82) is 0 Å². The van der Waals surface area contributed by atoms with Crippen molar-refractivity contribution in [3.05, 3.63) is 10.1 Å². The molecule has 2 aliphatic rings. The zero-order valence-electron chi connectivity index (χ0n) is 9.89. The smallest absolute Gasteiger partial charge is 0.228 e. The van der Waals surface area contributed by atoms with E-state index in [9.17, 15) is 10.1 Å². The van der Waals surface area contributed by atoms with Crippen LogP contribution < -0.4 is 5.32 Å². The van der Waals surface area contributed by atoms with Crippen molar-refractivity contribution < 1.29 is 4.92 Å². The summed E-state index contributed by atoms with van der Waals surface area (Å²) in [7, 11) is 1.84. The van der Waals surface area contributed by atoms with E-state index in [4.69, 9.17) is 0 Å². The monoisotopic (exact) mass is 227 g/mol. The number of likely N-dealkylation sites (N-methyl/N-ethyl adjacent to an activating group) is 1. The molecule has 0 bridgehead atoms. The molecule has 5 nitrogen and oxygen atoms in total. The van der Waals surface area contributed by atoms with Crippen molar-refractivity contribution in [2.45, 2.75) is 50.2 Å². The lowest BCUT2D eigenvalue weighted by Crippen LogP contribution is -2.51. The van der Waals surface area contributed by atoms with Crippen LogP contribution in [0.25, 0.3) is 0 Å². The average Bonchev–Trinajstić information content (AvgIpc) is 2.81. The maximum absolute atomic E-state index is 10.9. The van der Waals surface area contributed by atoms with Crippen LogP contribution in [0.2, 0.25) is 0 Å². The molecule has 16 heavy (non-hydrogen) atoms. The van der Waals surface area contributed by atoms with Gasteiger partial charge in [-0.15, -0.1) is 0 Å². The van der Waals surface area contributed by atoms with E-state index in [0.29, 0.717) is 6.04 Å². The maximum Gasteiger partial charge on any atom is 0.228 e. The number of hydrogen-bond donors (Lipinski definition) is 1. The Balaban J connectivity index is 1.94. The number of nitrogens with one attached hydrogen (secondary N) is 1. The largest absolute Gasteiger partial charge is 0.311 e. The molecule has 0 aromatic rings. The van der Waals surface area contributed by atoms with Gasteiger partial charge in [-0.3, -0.25) is 10.1 Å². The second-order valence-corrected chi connectivity index (χ2v) is 4.96. The van der Waals surface area contributed by atoms with E-state index in [1.54, 1.807) is 0 Å². The normalized spacial score (nSPS) is 36.4. The quantitative estimate of drug-likeness (QED) is 0.574. The molecular formula is C11H21N3O2. The highest BCUT2D eigenvalue weighted by Crippen LogP contribution is 2.27. The van der Waals surface area contributed by atoms with E-state index in [2.05, 4.69) is 10.2 Å². The van der Waals surface area contributed by atoms with Crippen molar-refractivity contribution >= 4 is 0 Å². The van der Waals surface area contributed by atoms with Gasteiger partial charge in [0.1, 0.15) is 0 Å². The highest BCUT2D eigenvalue weighted by molar-refractivity contribution is 4.90. The molecule has 2 fully saturated rings. The second-order valence-electron chi connectivity index (χ2n) is 4.96. The van der Waals surface area contributed by atoms with Crippen molar-refractivity contribution in [3.63, 3.8) is 0 Å². The maximum atomic E-state index is 10.9. The van der Waals surface area contributed by atoms with Crippen molar-refractivity contribution in [2.24, 2.45) is 0 Å². The summed E-state index contributed by atoms with van der Waals surface area (Å²) in [4.78, 5) is 13.3. The summed E-state index contributed by atoms with van der Waals surface area (Å²) in [5.74, 6) is 0. The van der Waals surface area contributed by atoms with Crippen LogP contribution in [0.5, 0.6) is 0 Å². The topological polar surface area (TPSA) is 58.4 Å². The highest BCUT2D eigenvalue weighted by Gasteiger charge is 2.39. The second kappa shape index (κ2) is 5.10. The molecule has 1 saturated heterocycles. The van der Waals surface area contributed by atoms with Gasteiger partial charge in [0.15, 0.2) is 0 Å². The van der Waals surface area contributed by atoms with Gasteiger partial charge >= 0.3 is 0 Å². The molecule has 0 radical (unpaired) electrons. The Morgan fingerprint density at radius 3 is 2.56 bits per heavy atom. The summed E-state index contributed by atoms with van der Waals surface area (Å²) in [6.07, 6.45) is 5.23. The molecule has 5 heteroatoms. The molecule has 0 aromatic carbocycles. The Hall–Kier alpha value is -0.680. The molecule has 0 spiro atoms. The van der Waals surface area contributed by atoms with Gasteiger partial charge in [-0.05, 0) is 45.8 Å². The van der Waals surface area contributed by atoms with Crippen molar-refractivity contribution in [2.75, 3.05) is 20.1 Å². The lowest BCUT2D eigenvalue weighted by molar-refractivity contribution is -0.530. The fourth-order valence-corrected chi connectivity index (χ4v) is 3.13. The zero-order valence-corrected chi connectivity index (χ0v) is 9.89. The van der Waals surface area contributed by atoms with Gasteiger partial charge in [0.25, 0.3) is 0 Å². The number of likely N-dealkylation sites (tertiary alicyclic amines) is 1. The predicted octanol–water partition coefficient (Wildman–Crippen LogP) is 0.868. The molecule has 1 saturated carbocycles. The first-order valence-corrected chi connectivity index (χ1v) is 6.27. The minimum absolute atomic E-state index is 0.0503. The molecule has 0 amide bonds. The number of nitro groups is 1. The molecule has 1 aliphatic heterocycles.